The van der Waals surface area contributed by atoms with Crippen molar-refractivity contribution < 1.29 is 4.39 Å². The number of halogens is 1. The van der Waals surface area contributed by atoms with Crippen molar-refractivity contribution in [3.8, 4) is 11.1 Å². The molecule has 1 N–H and O–H groups in total. The van der Waals surface area contributed by atoms with Crippen molar-refractivity contribution in [2.45, 2.75) is 13.5 Å². The quantitative estimate of drug-likeness (QED) is 0.616. The Morgan fingerprint density at radius 2 is 2.04 bits per heavy atom. The molecule has 0 saturated carbocycles. The summed E-state index contributed by atoms with van der Waals surface area (Å²) in [6, 6.07) is 12.9. The van der Waals surface area contributed by atoms with Gasteiger partial charge in [0.2, 0.25) is 0 Å². The summed E-state index contributed by atoms with van der Waals surface area (Å²) < 4.78 is 15.9. The second kappa shape index (κ2) is 6.32. The molecule has 0 atom stereocenters. The molecule has 5 nitrogen and oxygen atoms in total. The molecule has 3 aromatic heterocycles. The molecule has 0 spiro atoms. The summed E-state index contributed by atoms with van der Waals surface area (Å²) in [4.78, 5) is 4.16. The Bertz CT molecular complexity index is 1010. The minimum Gasteiger partial charge on any atom is -0.367 e. The molecular formula is C19H16FN5. The van der Waals surface area contributed by atoms with Crippen LogP contribution in [0, 0.1) is 12.7 Å². The third kappa shape index (κ3) is 2.82. The first kappa shape index (κ1) is 15.3. The molecule has 6 heteroatoms. The standard InChI is InChI=1S/C19H16FN5/c1-13-4-2-6-17(20)16(13)11-22-18-8-7-15(14-5-3-9-21-10-14)19-24-23-12-25(18)19/h2-10,12,22H,11H2,1H3. The summed E-state index contributed by atoms with van der Waals surface area (Å²) in [5.41, 5.74) is 4.21. The van der Waals surface area contributed by atoms with Gasteiger partial charge in [0, 0.05) is 35.6 Å². The van der Waals surface area contributed by atoms with Crippen LogP contribution in [-0.4, -0.2) is 19.6 Å². The van der Waals surface area contributed by atoms with E-state index in [1.807, 2.05) is 41.7 Å². The van der Waals surface area contributed by atoms with E-state index in [1.165, 1.54) is 6.07 Å². The Kier molecular flexibility index (Phi) is 3.85. The average molecular weight is 333 g/mol. The number of benzene rings is 1. The maximum atomic E-state index is 14.0. The molecule has 0 fully saturated rings. The van der Waals surface area contributed by atoms with Crippen molar-refractivity contribution in [1.82, 2.24) is 19.6 Å². The number of aromatic nitrogens is 4. The molecular weight excluding hydrogens is 317 g/mol. The van der Waals surface area contributed by atoms with Gasteiger partial charge >= 0.3 is 0 Å². The number of nitrogens with one attached hydrogen (secondary N) is 1. The van der Waals surface area contributed by atoms with Gasteiger partial charge in [0.1, 0.15) is 18.0 Å². The average Bonchev–Trinajstić information content (AvgIpc) is 3.12. The highest BCUT2D eigenvalue weighted by molar-refractivity contribution is 5.78. The summed E-state index contributed by atoms with van der Waals surface area (Å²) in [5.74, 6) is 0.592. The number of fused-ring (bicyclic) bond motifs is 1. The van der Waals surface area contributed by atoms with Crippen LogP contribution in [0.3, 0.4) is 0 Å². The summed E-state index contributed by atoms with van der Waals surface area (Å²) in [5, 5.41) is 11.5. The number of hydrogen-bond acceptors (Lipinski definition) is 4. The van der Waals surface area contributed by atoms with Crippen molar-refractivity contribution in [3.05, 3.63) is 78.1 Å². The van der Waals surface area contributed by atoms with Gasteiger partial charge < -0.3 is 5.32 Å². The highest BCUT2D eigenvalue weighted by Crippen LogP contribution is 2.25. The number of anilines is 1. The van der Waals surface area contributed by atoms with Crippen LogP contribution >= 0.6 is 0 Å². The minimum absolute atomic E-state index is 0.209. The fourth-order valence-electron chi connectivity index (χ4n) is 2.87. The maximum absolute atomic E-state index is 14.0. The van der Waals surface area contributed by atoms with Gasteiger partial charge in [-0.15, -0.1) is 10.2 Å². The molecule has 1 aromatic carbocycles. The fraction of sp³-hybridized carbons (Fsp3) is 0.105. The third-order valence-corrected chi connectivity index (χ3v) is 4.23. The minimum atomic E-state index is -0.209. The molecule has 0 aliphatic carbocycles. The number of rotatable bonds is 4. The van der Waals surface area contributed by atoms with Gasteiger partial charge in [0.15, 0.2) is 5.65 Å². The number of pyridine rings is 2. The maximum Gasteiger partial charge on any atom is 0.170 e. The zero-order chi connectivity index (χ0) is 17.2. The second-order valence-corrected chi connectivity index (χ2v) is 5.79. The van der Waals surface area contributed by atoms with Crippen LogP contribution in [0.2, 0.25) is 0 Å². The van der Waals surface area contributed by atoms with E-state index in [-0.39, 0.29) is 5.82 Å². The van der Waals surface area contributed by atoms with Crippen molar-refractivity contribution in [2.75, 3.05) is 5.32 Å². The highest BCUT2D eigenvalue weighted by Gasteiger charge is 2.11. The Balaban J connectivity index is 1.69. The molecule has 0 bridgehead atoms. The van der Waals surface area contributed by atoms with Crippen molar-refractivity contribution in [1.29, 1.82) is 0 Å². The van der Waals surface area contributed by atoms with Crippen LogP contribution in [0.25, 0.3) is 16.8 Å². The number of hydrogen-bond donors (Lipinski definition) is 1. The molecule has 124 valence electrons. The Labute approximate surface area is 144 Å². The summed E-state index contributed by atoms with van der Waals surface area (Å²) in [6.45, 7) is 2.29. The van der Waals surface area contributed by atoms with Crippen LogP contribution in [0.5, 0.6) is 0 Å². The molecule has 0 amide bonds. The lowest BCUT2D eigenvalue weighted by molar-refractivity contribution is 0.611. The van der Waals surface area contributed by atoms with Crippen molar-refractivity contribution in [2.24, 2.45) is 0 Å². The molecule has 3 heterocycles. The predicted octanol–water partition coefficient (Wildman–Crippen LogP) is 3.85. The van der Waals surface area contributed by atoms with E-state index in [0.717, 1.165) is 28.2 Å². The lowest BCUT2D eigenvalue weighted by Crippen LogP contribution is -2.07. The third-order valence-electron chi connectivity index (χ3n) is 4.23. The van der Waals surface area contributed by atoms with Crippen LogP contribution < -0.4 is 5.32 Å². The monoisotopic (exact) mass is 333 g/mol. The summed E-state index contributed by atoms with van der Waals surface area (Å²) in [6.07, 6.45) is 5.17. The molecule has 0 radical (unpaired) electrons. The van der Waals surface area contributed by atoms with Gasteiger partial charge in [-0.2, -0.15) is 0 Å². The van der Waals surface area contributed by atoms with Gasteiger partial charge in [-0.05, 0) is 36.8 Å². The zero-order valence-corrected chi connectivity index (χ0v) is 13.6. The lowest BCUT2D eigenvalue weighted by atomic mass is 10.1. The molecule has 0 aliphatic rings. The molecule has 4 aromatic rings. The van der Waals surface area contributed by atoms with Gasteiger partial charge in [0.05, 0.1) is 0 Å². The largest absolute Gasteiger partial charge is 0.367 e. The van der Waals surface area contributed by atoms with E-state index in [2.05, 4.69) is 20.5 Å². The Hall–Kier alpha value is -3.28. The van der Waals surface area contributed by atoms with Crippen LogP contribution in [0.4, 0.5) is 10.2 Å². The van der Waals surface area contributed by atoms with E-state index in [0.29, 0.717) is 12.1 Å². The predicted molar refractivity (Wildman–Crippen MR) is 94.7 cm³/mol. The summed E-state index contributed by atoms with van der Waals surface area (Å²) >= 11 is 0. The Morgan fingerprint density at radius 1 is 1.12 bits per heavy atom. The first-order chi connectivity index (χ1) is 12.2. The molecule has 0 saturated heterocycles. The number of nitrogens with zero attached hydrogens (tertiary/aromatic N) is 4. The van der Waals surface area contributed by atoms with E-state index >= 15 is 0 Å². The van der Waals surface area contributed by atoms with E-state index in [1.54, 1.807) is 24.8 Å². The van der Waals surface area contributed by atoms with Crippen LogP contribution in [0.15, 0.2) is 61.2 Å². The molecule has 25 heavy (non-hydrogen) atoms. The smallest absolute Gasteiger partial charge is 0.170 e. The van der Waals surface area contributed by atoms with Crippen LogP contribution in [-0.2, 0) is 6.54 Å². The highest BCUT2D eigenvalue weighted by atomic mass is 19.1. The van der Waals surface area contributed by atoms with Gasteiger partial charge in [-0.3, -0.25) is 9.38 Å². The topological polar surface area (TPSA) is 55.1 Å². The molecule has 4 rings (SSSR count). The first-order valence-electron chi connectivity index (χ1n) is 7.95. The van der Waals surface area contributed by atoms with Crippen molar-refractivity contribution >= 4 is 11.5 Å². The molecule has 0 unspecified atom stereocenters. The first-order valence-corrected chi connectivity index (χ1v) is 7.95. The second-order valence-electron chi connectivity index (χ2n) is 5.79. The van der Waals surface area contributed by atoms with Gasteiger partial charge in [-0.1, -0.05) is 18.2 Å². The fourth-order valence-corrected chi connectivity index (χ4v) is 2.87. The zero-order valence-electron chi connectivity index (χ0n) is 13.6. The van der Waals surface area contributed by atoms with Crippen molar-refractivity contribution in [3.63, 3.8) is 0 Å². The van der Waals surface area contributed by atoms with Gasteiger partial charge in [-0.25, -0.2) is 4.39 Å². The number of aryl methyl sites for hydroxylation is 1. The van der Waals surface area contributed by atoms with Gasteiger partial charge in [0.25, 0.3) is 0 Å². The van der Waals surface area contributed by atoms with Crippen LogP contribution in [0.1, 0.15) is 11.1 Å². The normalized spacial score (nSPS) is 11.0. The SMILES string of the molecule is Cc1cccc(F)c1CNc1ccc(-c2cccnc2)c2nncn12. The van der Waals surface area contributed by atoms with E-state index in [9.17, 15) is 4.39 Å². The van der Waals surface area contributed by atoms with E-state index in [4.69, 9.17) is 0 Å². The molecule has 0 aliphatic heterocycles. The Morgan fingerprint density at radius 3 is 2.84 bits per heavy atom. The summed E-state index contributed by atoms with van der Waals surface area (Å²) in [7, 11) is 0. The van der Waals surface area contributed by atoms with E-state index < -0.39 is 0 Å². The lowest BCUT2D eigenvalue weighted by Gasteiger charge is -2.13.